The molecule has 0 spiro atoms. The van der Waals surface area contributed by atoms with Crippen LogP contribution in [0.2, 0.25) is 0 Å². The zero-order chi connectivity index (χ0) is 18.8. The fourth-order valence-electron chi connectivity index (χ4n) is 4.17. The molecule has 2 atom stereocenters. The highest BCUT2D eigenvalue weighted by Crippen LogP contribution is 2.32. The van der Waals surface area contributed by atoms with Crippen LogP contribution in [0.4, 0.5) is 0 Å². The van der Waals surface area contributed by atoms with Crippen LogP contribution in [0.1, 0.15) is 41.0 Å². The van der Waals surface area contributed by atoms with Crippen molar-refractivity contribution < 1.29 is 9.59 Å². The second-order valence-corrected chi connectivity index (χ2v) is 7.46. The third kappa shape index (κ3) is 3.70. The average Bonchev–Trinajstić information content (AvgIpc) is 3.05. The highest BCUT2D eigenvalue weighted by Gasteiger charge is 2.42. The van der Waals surface area contributed by atoms with E-state index in [9.17, 15) is 9.59 Å². The second-order valence-electron chi connectivity index (χ2n) is 7.46. The monoisotopic (exact) mass is 364 g/mol. The van der Waals surface area contributed by atoms with Crippen molar-refractivity contribution in [2.45, 2.75) is 38.8 Å². The standard InChI is InChI=1S/C21H24N4O2/c1-15-22-10-18(11-23-15)21(27)24-13-17-8-5-9-20(26)25(19(17)14-24)12-16-6-3-2-4-7-16/h2-4,6-7,10-11,17,19H,5,8-9,12-14H2,1H3/t17-,19+/m1/s1. The van der Waals surface area contributed by atoms with Crippen LogP contribution < -0.4 is 0 Å². The molecule has 27 heavy (non-hydrogen) atoms. The first kappa shape index (κ1) is 17.6. The minimum atomic E-state index is -0.0461. The van der Waals surface area contributed by atoms with E-state index < -0.39 is 0 Å². The Kier molecular flexibility index (Phi) is 4.88. The summed E-state index contributed by atoms with van der Waals surface area (Å²) in [5, 5.41) is 0. The molecule has 2 amide bonds. The Balaban J connectivity index is 1.54. The van der Waals surface area contributed by atoms with E-state index in [0.717, 1.165) is 18.4 Å². The maximum atomic E-state index is 12.9. The molecule has 0 bridgehead atoms. The number of rotatable bonds is 3. The number of carbonyl (C=O) groups is 2. The summed E-state index contributed by atoms with van der Waals surface area (Å²) in [6.45, 7) is 3.68. The molecule has 0 aliphatic carbocycles. The number of amides is 2. The van der Waals surface area contributed by atoms with Gasteiger partial charge in [0.1, 0.15) is 5.82 Å². The number of hydrogen-bond donors (Lipinski definition) is 0. The minimum absolute atomic E-state index is 0.0461. The average molecular weight is 364 g/mol. The summed E-state index contributed by atoms with van der Waals surface area (Å²) in [5.41, 5.74) is 1.64. The second kappa shape index (κ2) is 7.47. The maximum Gasteiger partial charge on any atom is 0.257 e. The lowest BCUT2D eigenvalue weighted by Crippen LogP contribution is -2.43. The Morgan fingerprint density at radius 2 is 1.89 bits per heavy atom. The molecule has 2 aliphatic heterocycles. The van der Waals surface area contributed by atoms with Crippen molar-refractivity contribution in [1.29, 1.82) is 0 Å². The molecule has 0 saturated carbocycles. The first-order valence-corrected chi connectivity index (χ1v) is 9.53. The molecular weight excluding hydrogens is 340 g/mol. The molecule has 3 heterocycles. The number of carbonyl (C=O) groups excluding carboxylic acids is 2. The number of aryl methyl sites for hydroxylation is 1. The Hall–Kier alpha value is -2.76. The van der Waals surface area contributed by atoms with Gasteiger partial charge >= 0.3 is 0 Å². The number of benzene rings is 1. The molecule has 0 N–H and O–H groups in total. The summed E-state index contributed by atoms with van der Waals surface area (Å²) in [7, 11) is 0. The van der Waals surface area contributed by atoms with Crippen LogP contribution in [-0.4, -0.2) is 50.7 Å². The Labute approximate surface area is 159 Å². The molecule has 2 fully saturated rings. The smallest absolute Gasteiger partial charge is 0.257 e. The van der Waals surface area contributed by atoms with Crippen LogP contribution in [0, 0.1) is 12.8 Å². The minimum Gasteiger partial charge on any atom is -0.336 e. The number of nitrogens with zero attached hydrogens (tertiary/aromatic N) is 4. The SMILES string of the molecule is Cc1ncc(C(=O)N2C[C@H]3CCCC(=O)N(Cc4ccccc4)[C@H]3C2)cn1. The quantitative estimate of drug-likeness (QED) is 0.839. The number of likely N-dealkylation sites (tertiary alicyclic amines) is 2. The first-order valence-electron chi connectivity index (χ1n) is 9.53. The Bertz CT molecular complexity index is 822. The fraction of sp³-hybridized carbons (Fsp3) is 0.429. The van der Waals surface area contributed by atoms with E-state index in [1.807, 2.05) is 28.0 Å². The Morgan fingerprint density at radius 3 is 2.63 bits per heavy atom. The number of aromatic nitrogens is 2. The van der Waals surface area contributed by atoms with Crippen molar-refractivity contribution in [2.24, 2.45) is 5.92 Å². The summed E-state index contributed by atoms with van der Waals surface area (Å²) in [6, 6.07) is 10.2. The zero-order valence-electron chi connectivity index (χ0n) is 15.5. The predicted molar refractivity (Wildman–Crippen MR) is 101 cm³/mol. The maximum absolute atomic E-state index is 12.9. The van der Waals surface area contributed by atoms with Gasteiger partial charge < -0.3 is 9.80 Å². The summed E-state index contributed by atoms with van der Waals surface area (Å²) >= 11 is 0. The van der Waals surface area contributed by atoms with Gasteiger partial charge in [-0.2, -0.15) is 0 Å². The third-order valence-electron chi connectivity index (χ3n) is 5.60. The van der Waals surface area contributed by atoms with E-state index in [1.165, 1.54) is 0 Å². The van der Waals surface area contributed by atoms with E-state index in [0.29, 0.717) is 43.4 Å². The highest BCUT2D eigenvalue weighted by atomic mass is 16.2. The van der Waals surface area contributed by atoms with E-state index in [2.05, 4.69) is 22.1 Å². The van der Waals surface area contributed by atoms with Gasteiger partial charge in [-0.3, -0.25) is 9.59 Å². The summed E-state index contributed by atoms with van der Waals surface area (Å²) in [4.78, 5) is 37.8. The largest absolute Gasteiger partial charge is 0.336 e. The van der Waals surface area contributed by atoms with Crippen LogP contribution in [-0.2, 0) is 11.3 Å². The highest BCUT2D eigenvalue weighted by molar-refractivity contribution is 5.94. The van der Waals surface area contributed by atoms with Crippen molar-refractivity contribution in [1.82, 2.24) is 19.8 Å². The van der Waals surface area contributed by atoms with Gasteiger partial charge in [-0.1, -0.05) is 30.3 Å². The van der Waals surface area contributed by atoms with Crippen molar-refractivity contribution in [3.63, 3.8) is 0 Å². The molecule has 1 aromatic heterocycles. The molecule has 2 saturated heterocycles. The third-order valence-corrected chi connectivity index (χ3v) is 5.60. The Morgan fingerprint density at radius 1 is 1.15 bits per heavy atom. The van der Waals surface area contributed by atoms with Gasteiger partial charge in [-0.05, 0) is 31.2 Å². The molecule has 140 valence electrons. The van der Waals surface area contributed by atoms with Gasteiger partial charge in [0.2, 0.25) is 5.91 Å². The van der Waals surface area contributed by atoms with Crippen LogP contribution in [0.15, 0.2) is 42.7 Å². The van der Waals surface area contributed by atoms with E-state index in [1.54, 1.807) is 19.3 Å². The number of hydrogen-bond acceptors (Lipinski definition) is 4. The van der Waals surface area contributed by atoms with Gasteiger partial charge in [-0.15, -0.1) is 0 Å². The van der Waals surface area contributed by atoms with Crippen molar-refractivity contribution in [2.75, 3.05) is 13.1 Å². The molecule has 1 aromatic carbocycles. The van der Waals surface area contributed by atoms with Gasteiger partial charge in [0.05, 0.1) is 11.6 Å². The molecule has 2 aromatic rings. The molecule has 6 nitrogen and oxygen atoms in total. The van der Waals surface area contributed by atoms with Crippen molar-refractivity contribution in [3.05, 3.63) is 59.7 Å². The van der Waals surface area contributed by atoms with Crippen LogP contribution >= 0.6 is 0 Å². The van der Waals surface area contributed by atoms with Crippen molar-refractivity contribution >= 4 is 11.8 Å². The first-order chi connectivity index (χ1) is 13.1. The van der Waals surface area contributed by atoms with Gasteiger partial charge in [0.15, 0.2) is 0 Å². The van der Waals surface area contributed by atoms with Crippen LogP contribution in [0.3, 0.4) is 0 Å². The molecule has 0 unspecified atom stereocenters. The fourth-order valence-corrected chi connectivity index (χ4v) is 4.17. The van der Waals surface area contributed by atoms with Gasteiger partial charge in [0.25, 0.3) is 5.91 Å². The van der Waals surface area contributed by atoms with Crippen LogP contribution in [0.5, 0.6) is 0 Å². The topological polar surface area (TPSA) is 66.4 Å². The van der Waals surface area contributed by atoms with Crippen LogP contribution in [0.25, 0.3) is 0 Å². The zero-order valence-corrected chi connectivity index (χ0v) is 15.5. The lowest BCUT2D eigenvalue weighted by atomic mass is 9.98. The van der Waals surface area contributed by atoms with Crippen molar-refractivity contribution in [3.8, 4) is 0 Å². The predicted octanol–water partition coefficient (Wildman–Crippen LogP) is 2.44. The molecule has 0 radical (unpaired) electrons. The molecular formula is C21H24N4O2. The molecule has 2 aliphatic rings. The number of fused-ring (bicyclic) bond motifs is 1. The lowest BCUT2D eigenvalue weighted by molar-refractivity contribution is -0.133. The summed E-state index contributed by atoms with van der Waals surface area (Å²) in [5.74, 6) is 1.13. The van der Waals surface area contributed by atoms with Gasteiger partial charge in [0, 0.05) is 38.4 Å². The van der Waals surface area contributed by atoms with E-state index >= 15 is 0 Å². The lowest BCUT2D eigenvalue weighted by Gasteiger charge is -2.30. The molecule has 4 rings (SSSR count). The molecule has 6 heteroatoms. The van der Waals surface area contributed by atoms with E-state index in [4.69, 9.17) is 0 Å². The summed E-state index contributed by atoms with van der Waals surface area (Å²) in [6.07, 6.45) is 5.65. The normalized spacial score (nSPS) is 22.5. The van der Waals surface area contributed by atoms with E-state index in [-0.39, 0.29) is 17.9 Å². The van der Waals surface area contributed by atoms with Gasteiger partial charge in [-0.25, -0.2) is 9.97 Å². The summed E-state index contributed by atoms with van der Waals surface area (Å²) < 4.78 is 0.